The number of anilines is 1. The van der Waals surface area contributed by atoms with E-state index in [0.717, 1.165) is 22.4 Å². The molecule has 0 amide bonds. The van der Waals surface area contributed by atoms with Gasteiger partial charge in [0.2, 0.25) is 0 Å². The molecule has 15 heavy (non-hydrogen) atoms. The highest BCUT2D eigenvalue weighted by Gasteiger charge is 2.24. The Morgan fingerprint density at radius 1 is 1.53 bits per heavy atom. The Labute approximate surface area is 103 Å². The van der Waals surface area contributed by atoms with Gasteiger partial charge in [-0.15, -0.1) is 0 Å². The fourth-order valence-corrected chi connectivity index (χ4v) is 2.60. The minimum Gasteiger partial charge on any atom is -0.394 e. The summed E-state index contributed by atoms with van der Waals surface area (Å²) >= 11 is 2.24. The van der Waals surface area contributed by atoms with Gasteiger partial charge in [-0.05, 0) is 41.9 Å². The molecule has 1 unspecified atom stereocenters. The van der Waals surface area contributed by atoms with Crippen LogP contribution in [-0.2, 0) is 0 Å². The van der Waals surface area contributed by atoms with Crippen molar-refractivity contribution in [1.29, 1.82) is 0 Å². The topological polar surface area (TPSA) is 49.2 Å². The second kappa shape index (κ2) is 5.07. The highest BCUT2D eigenvalue weighted by molar-refractivity contribution is 14.1. The second-order valence-electron chi connectivity index (χ2n) is 3.72. The van der Waals surface area contributed by atoms with E-state index < -0.39 is 0 Å². The van der Waals surface area contributed by atoms with Crippen LogP contribution in [0.3, 0.4) is 0 Å². The van der Waals surface area contributed by atoms with Crippen molar-refractivity contribution >= 4 is 28.4 Å². The van der Waals surface area contributed by atoms with Crippen molar-refractivity contribution in [1.82, 2.24) is 9.97 Å². The molecule has 1 aliphatic heterocycles. The zero-order valence-corrected chi connectivity index (χ0v) is 10.6. The Bertz CT molecular complexity index is 334. The number of nitrogens with zero attached hydrogens (tertiary/aromatic N) is 3. The van der Waals surface area contributed by atoms with Crippen molar-refractivity contribution in [3.05, 3.63) is 16.1 Å². The van der Waals surface area contributed by atoms with E-state index in [1.807, 2.05) is 6.20 Å². The van der Waals surface area contributed by atoms with Gasteiger partial charge in [-0.1, -0.05) is 0 Å². The molecule has 1 aromatic heterocycles. The summed E-state index contributed by atoms with van der Waals surface area (Å²) in [5.41, 5.74) is 0. The van der Waals surface area contributed by atoms with E-state index in [2.05, 4.69) is 37.5 Å². The van der Waals surface area contributed by atoms with Crippen molar-refractivity contribution in [3.63, 3.8) is 0 Å². The molecule has 0 radical (unpaired) electrons. The molecular weight excluding hydrogens is 305 g/mol. The fourth-order valence-electron chi connectivity index (χ4n) is 1.99. The molecule has 4 nitrogen and oxygen atoms in total. The highest BCUT2D eigenvalue weighted by atomic mass is 127. The van der Waals surface area contributed by atoms with Crippen LogP contribution in [0.5, 0.6) is 0 Å². The van der Waals surface area contributed by atoms with Crippen LogP contribution in [0.1, 0.15) is 19.3 Å². The minimum absolute atomic E-state index is 0.208. The predicted molar refractivity (Wildman–Crippen MR) is 66.8 cm³/mol. The zero-order chi connectivity index (χ0) is 10.7. The number of hydrogen-bond donors (Lipinski definition) is 1. The maximum Gasteiger partial charge on any atom is 0.145 e. The number of aliphatic hydroxyl groups excluding tert-OH is 1. The summed E-state index contributed by atoms with van der Waals surface area (Å²) in [7, 11) is 0. The van der Waals surface area contributed by atoms with Gasteiger partial charge in [-0.2, -0.15) is 0 Å². The van der Waals surface area contributed by atoms with Crippen molar-refractivity contribution in [2.45, 2.75) is 25.3 Å². The number of rotatable bonds is 2. The standard InChI is InChI=1S/C10H14IN3O/c11-9-5-12-7-13-10(9)14-4-2-1-3-8(14)6-15/h5,7-8,15H,1-4,6H2. The second-order valence-corrected chi connectivity index (χ2v) is 4.88. The molecule has 1 saturated heterocycles. The Kier molecular flexibility index (Phi) is 3.74. The van der Waals surface area contributed by atoms with Crippen LogP contribution in [-0.4, -0.2) is 34.3 Å². The van der Waals surface area contributed by atoms with E-state index in [4.69, 9.17) is 0 Å². The molecule has 82 valence electrons. The Hall–Kier alpha value is -0.430. The summed E-state index contributed by atoms with van der Waals surface area (Å²) in [6.45, 7) is 1.19. The van der Waals surface area contributed by atoms with Gasteiger partial charge >= 0.3 is 0 Å². The van der Waals surface area contributed by atoms with Gasteiger partial charge in [0.25, 0.3) is 0 Å². The van der Waals surface area contributed by atoms with Crippen LogP contribution in [0.4, 0.5) is 5.82 Å². The van der Waals surface area contributed by atoms with E-state index in [-0.39, 0.29) is 12.6 Å². The lowest BCUT2D eigenvalue weighted by Crippen LogP contribution is -2.42. The van der Waals surface area contributed by atoms with Gasteiger partial charge < -0.3 is 10.0 Å². The van der Waals surface area contributed by atoms with E-state index in [9.17, 15) is 5.11 Å². The first-order chi connectivity index (χ1) is 7.33. The lowest BCUT2D eigenvalue weighted by molar-refractivity contribution is 0.239. The van der Waals surface area contributed by atoms with E-state index >= 15 is 0 Å². The lowest BCUT2D eigenvalue weighted by Gasteiger charge is -2.35. The molecule has 2 heterocycles. The molecule has 1 aromatic rings. The molecule has 1 N–H and O–H groups in total. The summed E-state index contributed by atoms with van der Waals surface area (Å²) in [6, 6.07) is 0.224. The zero-order valence-electron chi connectivity index (χ0n) is 8.43. The predicted octanol–water partition coefficient (Wildman–Crippen LogP) is 1.43. The summed E-state index contributed by atoms with van der Waals surface area (Å²) in [5.74, 6) is 0.962. The third-order valence-electron chi connectivity index (χ3n) is 2.76. The van der Waals surface area contributed by atoms with Gasteiger partial charge in [0, 0.05) is 12.7 Å². The van der Waals surface area contributed by atoms with Gasteiger partial charge in [0.1, 0.15) is 12.1 Å². The Morgan fingerprint density at radius 2 is 2.40 bits per heavy atom. The molecule has 0 spiro atoms. The van der Waals surface area contributed by atoms with Gasteiger partial charge in [0.05, 0.1) is 16.2 Å². The highest BCUT2D eigenvalue weighted by Crippen LogP contribution is 2.25. The average Bonchev–Trinajstić information content (AvgIpc) is 2.30. The van der Waals surface area contributed by atoms with Gasteiger partial charge in [-0.25, -0.2) is 9.97 Å². The summed E-state index contributed by atoms with van der Waals surface area (Å²) in [6.07, 6.45) is 6.81. The average molecular weight is 319 g/mol. The Morgan fingerprint density at radius 3 is 3.13 bits per heavy atom. The SMILES string of the molecule is OCC1CCCCN1c1ncncc1I. The van der Waals surface area contributed by atoms with Crippen LogP contribution < -0.4 is 4.90 Å². The van der Waals surface area contributed by atoms with Crippen LogP contribution in [0.25, 0.3) is 0 Å². The van der Waals surface area contributed by atoms with Crippen molar-refractivity contribution < 1.29 is 5.11 Å². The molecular formula is C10H14IN3O. The molecule has 0 saturated carbocycles. The van der Waals surface area contributed by atoms with Crippen LogP contribution >= 0.6 is 22.6 Å². The maximum atomic E-state index is 9.33. The number of halogens is 1. The maximum absolute atomic E-state index is 9.33. The smallest absolute Gasteiger partial charge is 0.145 e. The lowest BCUT2D eigenvalue weighted by atomic mass is 10.0. The van der Waals surface area contributed by atoms with Gasteiger partial charge in [0.15, 0.2) is 0 Å². The molecule has 0 aromatic carbocycles. The van der Waals surface area contributed by atoms with Crippen molar-refractivity contribution in [3.8, 4) is 0 Å². The number of piperidine rings is 1. The molecule has 2 rings (SSSR count). The number of aromatic nitrogens is 2. The Balaban J connectivity index is 2.24. The van der Waals surface area contributed by atoms with E-state index in [1.165, 1.54) is 12.8 Å². The summed E-state index contributed by atoms with van der Waals surface area (Å²) < 4.78 is 1.05. The first-order valence-electron chi connectivity index (χ1n) is 5.16. The van der Waals surface area contributed by atoms with Crippen LogP contribution in [0.15, 0.2) is 12.5 Å². The number of aliphatic hydroxyl groups is 1. The molecule has 1 aliphatic rings. The summed E-state index contributed by atoms with van der Waals surface area (Å²) in [4.78, 5) is 10.5. The van der Waals surface area contributed by atoms with Crippen molar-refractivity contribution in [2.24, 2.45) is 0 Å². The third-order valence-corrected chi connectivity index (χ3v) is 3.52. The quantitative estimate of drug-likeness (QED) is 0.838. The number of hydrogen-bond acceptors (Lipinski definition) is 4. The third kappa shape index (κ3) is 2.39. The normalized spacial score (nSPS) is 21.7. The minimum atomic E-state index is 0.208. The van der Waals surface area contributed by atoms with Crippen LogP contribution in [0.2, 0.25) is 0 Å². The monoisotopic (exact) mass is 319 g/mol. The van der Waals surface area contributed by atoms with Crippen molar-refractivity contribution in [2.75, 3.05) is 18.1 Å². The largest absolute Gasteiger partial charge is 0.394 e. The summed E-state index contributed by atoms with van der Waals surface area (Å²) in [5, 5.41) is 9.33. The van der Waals surface area contributed by atoms with E-state index in [0.29, 0.717) is 0 Å². The first-order valence-corrected chi connectivity index (χ1v) is 6.24. The molecule has 1 fully saturated rings. The molecule has 0 bridgehead atoms. The first kappa shape index (κ1) is 11.1. The van der Waals surface area contributed by atoms with Gasteiger partial charge in [-0.3, -0.25) is 0 Å². The molecule has 0 aliphatic carbocycles. The fraction of sp³-hybridized carbons (Fsp3) is 0.600. The molecule has 1 atom stereocenters. The van der Waals surface area contributed by atoms with Crippen LogP contribution in [0, 0.1) is 3.57 Å². The molecule has 5 heteroatoms. The van der Waals surface area contributed by atoms with E-state index in [1.54, 1.807) is 6.33 Å².